The first-order chi connectivity index (χ1) is 9.17. The highest BCUT2D eigenvalue weighted by Gasteiger charge is 2.10. The van der Waals surface area contributed by atoms with E-state index in [2.05, 4.69) is 4.98 Å². The fourth-order valence-electron chi connectivity index (χ4n) is 2.00. The topological polar surface area (TPSA) is 51.3 Å². The molecule has 1 heterocycles. The molecule has 0 amide bonds. The number of esters is 1. The lowest BCUT2D eigenvalue weighted by atomic mass is 10.1. The fraction of sp³-hybridized carbons (Fsp3) is 0.267. The van der Waals surface area contributed by atoms with Gasteiger partial charge in [-0.05, 0) is 32.1 Å². The molecule has 100 valence electrons. The van der Waals surface area contributed by atoms with Crippen molar-refractivity contribution in [2.75, 3.05) is 13.7 Å². The lowest BCUT2D eigenvalue weighted by Gasteiger charge is -2.04. The second kappa shape index (κ2) is 5.61. The molecule has 0 fully saturated rings. The van der Waals surface area contributed by atoms with E-state index in [0.717, 1.165) is 22.2 Å². The van der Waals surface area contributed by atoms with Crippen molar-refractivity contribution in [1.29, 1.82) is 0 Å². The van der Waals surface area contributed by atoms with Crippen LogP contribution >= 0.6 is 0 Å². The van der Waals surface area contributed by atoms with Crippen LogP contribution in [0.1, 0.15) is 19.4 Å². The number of aromatic amines is 1. The van der Waals surface area contributed by atoms with Crippen LogP contribution in [0.2, 0.25) is 0 Å². The van der Waals surface area contributed by atoms with Crippen LogP contribution in [0.4, 0.5) is 0 Å². The molecule has 0 aliphatic carbocycles. The molecule has 0 radical (unpaired) electrons. The van der Waals surface area contributed by atoms with Crippen molar-refractivity contribution < 1.29 is 14.3 Å². The largest absolute Gasteiger partial charge is 0.496 e. The maximum Gasteiger partial charge on any atom is 0.333 e. The summed E-state index contributed by atoms with van der Waals surface area (Å²) in [6, 6.07) is 5.78. The Morgan fingerprint density at radius 3 is 2.89 bits per heavy atom. The van der Waals surface area contributed by atoms with E-state index >= 15 is 0 Å². The van der Waals surface area contributed by atoms with Crippen molar-refractivity contribution in [3.8, 4) is 5.75 Å². The van der Waals surface area contributed by atoms with Gasteiger partial charge in [0.1, 0.15) is 5.75 Å². The average molecular weight is 259 g/mol. The zero-order chi connectivity index (χ0) is 13.8. The molecule has 4 heteroatoms. The molecule has 1 aromatic carbocycles. The van der Waals surface area contributed by atoms with Crippen LogP contribution in [0, 0.1) is 0 Å². The van der Waals surface area contributed by atoms with Gasteiger partial charge in [0.15, 0.2) is 0 Å². The van der Waals surface area contributed by atoms with E-state index in [4.69, 9.17) is 9.47 Å². The molecule has 4 nitrogen and oxygen atoms in total. The van der Waals surface area contributed by atoms with Crippen molar-refractivity contribution in [3.63, 3.8) is 0 Å². The highest BCUT2D eigenvalue weighted by Crippen LogP contribution is 2.29. The smallest absolute Gasteiger partial charge is 0.333 e. The van der Waals surface area contributed by atoms with Gasteiger partial charge >= 0.3 is 5.97 Å². The molecule has 19 heavy (non-hydrogen) atoms. The Morgan fingerprint density at radius 2 is 2.21 bits per heavy atom. The normalized spacial score (nSPS) is 11.6. The number of methoxy groups -OCH3 is 1. The highest BCUT2D eigenvalue weighted by atomic mass is 16.5. The number of carbonyl (C=O) groups excluding carboxylic acids is 1. The van der Waals surface area contributed by atoms with Gasteiger partial charge in [-0.2, -0.15) is 0 Å². The van der Waals surface area contributed by atoms with Gasteiger partial charge in [-0.25, -0.2) is 4.79 Å². The van der Waals surface area contributed by atoms with E-state index in [1.165, 1.54) is 0 Å². The number of H-pyrrole nitrogens is 1. The minimum absolute atomic E-state index is 0.299. The van der Waals surface area contributed by atoms with Crippen molar-refractivity contribution in [2.45, 2.75) is 13.8 Å². The third kappa shape index (κ3) is 2.62. The summed E-state index contributed by atoms with van der Waals surface area (Å²) in [6.45, 7) is 3.91. The molecule has 2 aromatic rings. The van der Waals surface area contributed by atoms with Crippen molar-refractivity contribution in [3.05, 3.63) is 35.5 Å². The van der Waals surface area contributed by atoms with Gasteiger partial charge in [0.05, 0.1) is 13.7 Å². The standard InChI is InChI=1S/C15H17NO3/c1-4-19-15(17)10(2)8-11-9-16-12-6-5-7-13(18-3)14(11)12/h5-9,16H,4H2,1-3H3/b10-8+. The summed E-state index contributed by atoms with van der Waals surface area (Å²) in [4.78, 5) is 14.8. The van der Waals surface area contributed by atoms with E-state index < -0.39 is 0 Å². The molecule has 0 bridgehead atoms. The predicted octanol–water partition coefficient (Wildman–Crippen LogP) is 3.14. The Balaban J connectivity index is 2.46. The Labute approximate surface area is 112 Å². The Morgan fingerprint density at radius 1 is 1.42 bits per heavy atom. The van der Waals surface area contributed by atoms with E-state index in [9.17, 15) is 4.79 Å². The van der Waals surface area contributed by atoms with Crippen LogP contribution in [0.3, 0.4) is 0 Å². The summed E-state index contributed by atoms with van der Waals surface area (Å²) in [7, 11) is 1.63. The number of ether oxygens (including phenoxy) is 2. The predicted molar refractivity (Wildman–Crippen MR) is 75.1 cm³/mol. The van der Waals surface area contributed by atoms with Crippen molar-refractivity contribution in [2.24, 2.45) is 0 Å². The first-order valence-electron chi connectivity index (χ1n) is 6.17. The number of hydrogen-bond acceptors (Lipinski definition) is 3. The first-order valence-corrected chi connectivity index (χ1v) is 6.17. The van der Waals surface area contributed by atoms with Gasteiger partial charge in [0, 0.05) is 28.2 Å². The number of benzene rings is 1. The van der Waals surface area contributed by atoms with Gasteiger partial charge in [-0.3, -0.25) is 0 Å². The lowest BCUT2D eigenvalue weighted by Crippen LogP contribution is -2.04. The minimum atomic E-state index is -0.299. The van der Waals surface area contributed by atoms with Gasteiger partial charge < -0.3 is 14.5 Å². The number of carbonyl (C=O) groups is 1. The summed E-state index contributed by atoms with van der Waals surface area (Å²) < 4.78 is 10.3. The Bertz CT molecular complexity index is 625. The van der Waals surface area contributed by atoms with Gasteiger partial charge in [-0.15, -0.1) is 0 Å². The zero-order valence-corrected chi connectivity index (χ0v) is 11.3. The number of hydrogen-bond donors (Lipinski definition) is 1. The molecule has 0 spiro atoms. The quantitative estimate of drug-likeness (QED) is 0.678. The molecule has 0 saturated carbocycles. The number of aromatic nitrogens is 1. The monoisotopic (exact) mass is 259 g/mol. The van der Waals surface area contributed by atoms with Crippen LogP contribution in [0.25, 0.3) is 17.0 Å². The molecular weight excluding hydrogens is 242 g/mol. The molecular formula is C15H17NO3. The summed E-state index contributed by atoms with van der Waals surface area (Å²) in [6.07, 6.45) is 3.66. The van der Waals surface area contributed by atoms with E-state index in [1.54, 1.807) is 27.0 Å². The molecule has 0 aliphatic heterocycles. The minimum Gasteiger partial charge on any atom is -0.496 e. The second-order valence-electron chi connectivity index (χ2n) is 4.17. The van der Waals surface area contributed by atoms with Crippen LogP contribution < -0.4 is 4.74 Å². The van der Waals surface area contributed by atoms with E-state index in [-0.39, 0.29) is 5.97 Å². The third-order valence-electron chi connectivity index (χ3n) is 2.89. The Hall–Kier alpha value is -2.23. The summed E-state index contributed by atoms with van der Waals surface area (Å²) in [5, 5.41) is 0.966. The number of fused-ring (bicyclic) bond motifs is 1. The number of nitrogens with one attached hydrogen (secondary N) is 1. The van der Waals surface area contributed by atoms with Crippen LogP contribution in [-0.4, -0.2) is 24.7 Å². The fourth-order valence-corrected chi connectivity index (χ4v) is 2.00. The average Bonchev–Trinajstić information content (AvgIpc) is 2.82. The van der Waals surface area contributed by atoms with Crippen molar-refractivity contribution in [1.82, 2.24) is 4.98 Å². The molecule has 0 aliphatic rings. The first kappa shape index (κ1) is 13.2. The second-order valence-corrected chi connectivity index (χ2v) is 4.17. The van der Waals surface area contributed by atoms with Gasteiger partial charge in [0.2, 0.25) is 0 Å². The molecule has 0 unspecified atom stereocenters. The summed E-state index contributed by atoms with van der Waals surface area (Å²) in [5.41, 5.74) is 2.45. The van der Waals surface area contributed by atoms with E-state index in [1.807, 2.05) is 24.4 Å². The molecule has 0 saturated heterocycles. The zero-order valence-electron chi connectivity index (χ0n) is 11.3. The van der Waals surface area contributed by atoms with Crippen molar-refractivity contribution >= 4 is 22.9 Å². The van der Waals surface area contributed by atoms with E-state index in [0.29, 0.717) is 12.2 Å². The number of rotatable bonds is 4. The summed E-state index contributed by atoms with van der Waals surface area (Å²) >= 11 is 0. The lowest BCUT2D eigenvalue weighted by molar-refractivity contribution is -0.138. The van der Waals surface area contributed by atoms with Crippen LogP contribution in [0.15, 0.2) is 30.0 Å². The maximum atomic E-state index is 11.6. The SMILES string of the molecule is CCOC(=O)/C(C)=C/c1c[nH]c2cccc(OC)c12. The molecule has 1 aromatic heterocycles. The van der Waals surface area contributed by atoms with Gasteiger partial charge in [-0.1, -0.05) is 6.07 Å². The van der Waals surface area contributed by atoms with Gasteiger partial charge in [0.25, 0.3) is 0 Å². The molecule has 0 atom stereocenters. The Kier molecular flexibility index (Phi) is 3.90. The van der Waals surface area contributed by atoms with Crippen LogP contribution in [0.5, 0.6) is 5.75 Å². The molecule has 1 N–H and O–H groups in total. The maximum absolute atomic E-state index is 11.6. The molecule has 2 rings (SSSR count). The third-order valence-corrected chi connectivity index (χ3v) is 2.89. The summed E-state index contributed by atoms with van der Waals surface area (Å²) in [5.74, 6) is 0.480. The van der Waals surface area contributed by atoms with Crippen LogP contribution in [-0.2, 0) is 9.53 Å². The highest BCUT2D eigenvalue weighted by molar-refractivity contribution is 5.99.